The van der Waals surface area contributed by atoms with Crippen LogP contribution in [-0.4, -0.2) is 78.7 Å². The predicted molar refractivity (Wildman–Crippen MR) is 186 cm³/mol. The van der Waals surface area contributed by atoms with Crippen molar-refractivity contribution >= 4 is 0 Å². The van der Waals surface area contributed by atoms with Crippen molar-refractivity contribution in [2.75, 3.05) is 69.7 Å². The molecule has 0 radical (unpaired) electrons. The van der Waals surface area contributed by atoms with Gasteiger partial charge in [0.25, 0.3) is 0 Å². The van der Waals surface area contributed by atoms with Crippen LogP contribution in [0.4, 0.5) is 0 Å². The zero-order valence-electron chi connectivity index (χ0n) is 29.5. The maximum Gasteiger partial charge on any atom is 0.204 e. The molecule has 6 aliphatic rings. The fraction of sp³-hybridized carbons (Fsp3) is 0.400. The van der Waals surface area contributed by atoms with Gasteiger partial charge in [0.2, 0.25) is 5.75 Å². The van der Waals surface area contributed by atoms with Gasteiger partial charge in [-0.3, -0.25) is 0 Å². The lowest BCUT2D eigenvalue weighted by Gasteiger charge is -2.44. The molecule has 0 saturated heterocycles. The van der Waals surface area contributed by atoms with Crippen molar-refractivity contribution in [1.29, 1.82) is 0 Å². The van der Waals surface area contributed by atoms with E-state index in [1.54, 1.807) is 28.4 Å². The fourth-order valence-electron chi connectivity index (χ4n) is 7.97. The number of benzene rings is 4. The third-order valence-electron chi connectivity index (χ3n) is 10.9. The fourth-order valence-corrected chi connectivity index (χ4v) is 7.97. The third-order valence-corrected chi connectivity index (χ3v) is 10.9. The normalized spacial score (nSPS) is 20.2. The number of ether oxygens (including phenoxy) is 6. The van der Waals surface area contributed by atoms with E-state index in [4.69, 9.17) is 28.4 Å². The SMILES string of the molecule is COc1cc2c3c(c1)Oc1ccc(cc1OC)CC1c4c(cc(OC)c(OC)c4Oc4ccc(cc4)CC3[N+](C)(C)CC2)CC[N+]1(C)C. The molecule has 252 valence electrons. The van der Waals surface area contributed by atoms with Gasteiger partial charge in [-0.25, -0.2) is 0 Å². The Labute approximate surface area is 284 Å². The van der Waals surface area contributed by atoms with E-state index in [0.29, 0.717) is 23.0 Å². The number of quaternary nitrogens is 2. The second-order valence-electron chi connectivity index (χ2n) is 14.5. The van der Waals surface area contributed by atoms with Crippen molar-refractivity contribution in [1.82, 2.24) is 0 Å². The summed E-state index contributed by atoms with van der Waals surface area (Å²) in [5.41, 5.74) is 7.25. The highest BCUT2D eigenvalue weighted by Crippen LogP contribution is 2.52. The minimum atomic E-state index is 0.0874. The summed E-state index contributed by atoms with van der Waals surface area (Å²) in [6.07, 6.45) is 3.45. The Morgan fingerprint density at radius 2 is 1.21 bits per heavy atom. The van der Waals surface area contributed by atoms with E-state index in [9.17, 15) is 0 Å². The summed E-state index contributed by atoms with van der Waals surface area (Å²) in [4.78, 5) is 0. The van der Waals surface area contributed by atoms with E-state index < -0.39 is 0 Å². The molecule has 0 N–H and O–H groups in total. The van der Waals surface area contributed by atoms with Gasteiger partial charge in [-0.1, -0.05) is 18.2 Å². The molecule has 0 spiro atoms. The molecule has 8 heteroatoms. The number of likely N-dealkylation sites (N-methyl/N-ethyl adjacent to an activating group) is 2. The van der Waals surface area contributed by atoms with E-state index >= 15 is 0 Å². The maximum absolute atomic E-state index is 6.87. The zero-order valence-corrected chi connectivity index (χ0v) is 29.5. The Balaban J connectivity index is 1.45. The largest absolute Gasteiger partial charge is 0.497 e. The molecular weight excluding hydrogens is 604 g/mol. The second kappa shape index (κ2) is 12.2. The van der Waals surface area contributed by atoms with Gasteiger partial charge in [0.1, 0.15) is 29.3 Å². The third kappa shape index (κ3) is 5.61. The van der Waals surface area contributed by atoms with Crippen molar-refractivity contribution in [2.24, 2.45) is 0 Å². The molecule has 0 saturated carbocycles. The van der Waals surface area contributed by atoms with Gasteiger partial charge >= 0.3 is 0 Å². The molecule has 0 aromatic heterocycles. The van der Waals surface area contributed by atoms with Crippen molar-refractivity contribution in [3.63, 3.8) is 0 Å². The molecule has 0 amide bonds. The lowest BCUT2D eigenvalue weighted by Crippen LogP contribution is -2.48. The quantitative estimate of drug-likeness (QED) is 0.214. The first-order valence-corrected chi connectivity index (χ1v) is 16.8. The number of hydrogen-bond acceptors (Lipinski definition) is 6. The Hall–Kier alpha value is -4.40. The molecule has 2 atom stereocenters. The summed E-state index contributed by atoms with van der Waals surface area (Å²) in [5, 5.41) is 0. The summed E-state index contributed by atoms with van der Waals surface area (Å²) in [6.45, 7) is 2.00. The maximum atomic E-state index is 6.87. The molecule has 0 fully saturated rings. The van der Waals surface area contributed by atoms with Crippen LogP contribution in [0, 0.1) is 0 Å². The molecule has 4 aromatic carbocycles. The first-order chi connectivity index (χ1) is 23.0. The van der Waals surface area contributed by atoms with Crippen LogP contribution in [0.15, 0.2) is 60.7 Å². The van der Waals surface area contributed by atoms with Crippen LogP contribution in [0.25, 0.3) is 0 Å². The number of methoxy groups -OCH3 is 4. The lowest BCUT2D eigenvalue weighted by molar-refractivity contribution is -0.923. The standard InChI is InChI=1S/C40H48N2O6/c1-41(2)17-15-27-22-30(43-5)24-35-37(27)31(41)19-25-9-12-29(13-10-25)47-40-38-28(23-36(45-7)39(40)46-8)16-18-42(3,4)32(38)20-26-11-14-33(48-35)34(21-26)44-6/h9-14,21-24,31-32H,15-20H2,1-8H3/q+2. The number of nitrogens with zero attached hydrogens (tertiary/aromatic N) is 2. The van der Waals surface area contributed by atoms with E-state index in [-0.39, 0.29) is 12.1 Å². The molecule has 8 nitrogen and oxygen atoms in total. The number of rotatable bonds is 4. The van der Waals surface area contributed by atoms with Crippen LogP contribution < -0.4 is 28.4 Å². The molecule has 2 unspecified atom stereocenters. The van der Waals surface area contributed by atoms with E-state index in [1.807, 2.05) is 6.07 Å². The Morgan fingerprint density at radius 3 is 1.85 bits per heavy atom. The van der Waals surface area contributed by atoms with Crippen LogP contribution in [0.5, 0.6) is 46.0 Å². The van der Waals surface area contributed by atoms with Gasteiger partial charge in [-0.05, 0) is 58.7 Å². The van der Waals surface area contributed by atoms with Crippen LogP contribution >= 0.6 is 0 Å². The van der Waals surface area contributed by atoms with E-state index in [1.165, 1.54) is 22.3 Å². The minimum Gasteiger partial charge on any atom is -0.497 e. The molecule has 48 heavy (non-hydrogen) atoms. The average molecular weight is 653 g/mol. The molecule has 0 aliphatic carbocycles. The highest BCUT2D eigenvalue weighted by atomic mass is 16.5. The van der Waals surface area contributed by atoms with Gasteiger partial charge in [-0.15, -0.1) is 0 Å². The summed E-state index contributed by atoms with van der Waals surface area (Å²) in [6, 6.07) is 21.5. The summed E-state index contributed by atoms with van der Waals surface area (Å²) in [5.74, 6) is 5.79. The summed E-state index contributed by atoms with van der Waals surface area (Å²) >= 11 is 0. The minimum absolute atomic E-state index is 0.0874. The molecule has 4 aromatic rings. The Kier molecular flexibility index (Phi) is 8.20. The topological polar surface area (TPSA) is 55.4 Å². The second-order valence-corrected chi connectivity index (χ2v) is 14.5. The lowest BCUT2D eigenvalue weighted by atomic mass is 9.85. The number of hydrogen-bond donors (Lipinski definition) is 0. The van der Waals surface area contributed by atoms with Crippen LogP contribution in [0.2, 0.25) is 0 Å². The summed E-state index contributed by atoms with van der Waals surface area (Å²) < 4.78 is 39.0. The van der Waals surface area contributed by atoms with E-state index in [0.717, 1.165) is 81.9 Å². The monoisotopic (exact) mass is 652 g/mol. The van der Waals surface area contributed by atoms with Crippen LogP contribution in [-0.2, 0) is 25.7 Å². The Morgan fingerprint density at radius 1 is 0.583 bits per heavy atom. The smallest absolute Gasteiger partial charge is 0.204 e. The van der Waals surface area contributed by atoms with Crippen molar-refractivity contribution < 1.29 is 37.4 Å². The van der Waals surface area contributed by atoms with Crippen molar-refractivity contribution in [3.05, 3.63) is 94.0 Å². The van der Waals surface area contributed by atoms with Gasteiger partial charge in [0, 0.05) is 31.7 Å². The molecule has 10 rings (SSSR count). The van der Waals surface area contributed by atoms with Crippen LogP contribution in [0.3, 0.4) is 0 Å². The van der Waals surface area contributed by atoms with Crippen molar-refractivity contribution in [2.45, 2.75) is 37.8 Å². The van der Waals surface area contributed by atoms with E-state index in [2.05, 4.69) is 82.8 Å². The summed E-state index contributed by atoms with van der Waals surface area (Å²) in [7, 11) is 16.0. The van der Waals surface area contributed by atoms with Gasteiger partial charge in [0.05, 0.1) is 80.8 Å². The predicted octanol–water partition coefficient (Wildman–Crippen LogP) is 7.45. The van der Waals surface area contributed by atoms with Gasteiger partial charge in [-0.2, -0.15) is 0 Å². The molecule has 6 heterocycles. The van der Waals surface area contributed by atoms with Crippen LogP contribution in [0.1, 0.15) is 45.5 Å². The Bertz CT molecular complexity index is 1850. The molecule has 4 bridgehead atoms. The zero-order chi connectivity index (χ0) is 33.8. The van der Waals surface area contributed by atoms with Gasteiger partial charge < -0.3 is 37.4 Å². The molecular formula is C40H48N2O6+2. The molecule has 6 aliphatic heterocycles. The first kappa shape index (κ1) is 32.2. The highest BCUT2D eigenvalue weighted by molar-refractivity contribution is 5.62. The first-order valence-electron chi connectivity index (χ1n) is 16.8. The van der Waals surface area contributed by atoms with Crippen molar-refractivity contribution in [3.8, 4) is 46.0 Å². The average Bonchev–Trinajstić information content (AvgIpc) is 3.07. The highest BCUT2D eigenvalue weighted by Gasteiger charge is 2.42. The van der Waals surface area contributed by atoms with Gasteiger partial charge in [0.15, 0.2) is 23.0 Å².